The Bertz CT molecular complexity index is 1290. The Labute approximate surface area is 212 Å². The standard InChI is InChI=1S/C25H23ClN6O4/c1-2-22(33)30-19-11-29-25(32(15-19)14-16-3-5-17(26)6-4-16)31-18-7-9-20(10-8-18)36-23-13-27-21(12-28-23)24(34)35/h3-13H,2,14-15H2,1H3,(H,29,31)(H,30,33)(H,34,35). The molecule has 0 saturated carbocycles. The van der Waals surface area contributed by atoms with E-state index in [4.69, 9.17) is 26.4 Å². The second kappa shape index (κ2) is 11.3. The molecule has 11 heteroatoms. The first kappa shape index (κ1) is 24.7. The van der Waals surface area contributed by atoms with Crippen molar-refractivity contribution >= 4 is 35.1 Å². The van der Waals surface area contributed by atoms with Gasteiger partial charge in [-0.05, 0) is 42.0 Å². The number of nitrogens with one attached hydrogen (secondary N) is 2. The second-order valence-electron chi connectivity index (χ2n) is 7.77. The van der Waals surface area contributed by atoms with Crippen molar-refractivity contribution in [2.75, 3.05) is 6.54 Å². The van der Waals surface area contributed by atoms with Crippen LogP contribution < -0.4 is 15.4 Å². The number of carboxylic acid groups (broad SMARTS) is 1. The van der Waals surface area contributed by atoms with Gasteiger partial charge in [-0.15, -0.1) is 0 Å². The first-order valence-electron chi connectivity index (χ1n) is 11.1. The average molecular weight is 507 g/mol. The lowest BCUT2D eigenvalue weighted by Crippen LogP contribution is -2.46. The fourth-order valence-corrected chi connectivity index (χ4v) is 3.39. The summed E-state index contributed by atoms with van der Waals surface area (Å²) in [6.45, 7) is 2.82. The van der Waals surface area contributed by atoms with Crippen LogP contribution in [0.2, 0.25) is 5.02 Å². The van der Waals surface area contributed by atoms with Gasteiger partial charge in [0.1, 0.15) is 5.75 Å². The van der Waals surface area contributed by atoms with Gasteiger partial charge in [-0.25, -0.2) is 19.8 Å². The first-order chi connectivity index (χ1) is 17.4. The molecule has 10 nitrogen and oxygen atoms in total. The molecule has 0 aliphatic carbocycles. The number of aromatic nitrogens is 2. The van der Waals surface area contributed by atoms with Crippen molar-refractivity contribution in [2.24, 2.45) is 4.99 Å². The highest BCUT2D eigenvalue weighted by Gasteiger charge is 2.19. The van der Waals surface area contributed by atoms with Crippen molar-refractivity contribution in [3.8, 4) is 11.6 Å². The number of nitrogens with zero attached hydrogens (tertiary/aromatic N) is 4. The highest BCUT2D eigenvalue weighted by molar-refractivity contribution is 6.30. The molecule has 4 rings (SSSR count). The van der Waals surface area contributed by atoms with Gasteiger partial charge >= 0.3 is 5.97 Å². The normalized spacial score (nSPS) is 14.1. The molecule has 0 atom stereocenters. The van der Waals surface area contributed by atoms with E-state index in [1.165, 1.54) is 6.20 Å². The summed E-state index contributed by atoms with van der Waals surface area (Å²) in [4.78, 5) is 37.2. The van der Waals surface area contributed by atoms with Crippen LogP contribution in [0, 0.1) is 0 Å². The van der Waals surface area contributed by atoms with E-state index in [0.29, 0.717) is 41.9 Å². The van der Waals surface area contributed by atoms with Gasteiger partial charge in [-0.1, -0.05) is 30.7 Å². The van der Waals surface area contributed by atoms with Crippen molar-refractivity contribution in [2.45, 2.75) is 19.9 Å². The monoisotopic (exact) mass is 506 g/mol. The fraction of sp³-hybridized carbons (Fsp3) is 0.160. The minimum atomic E-state index is -1.16. The highest BCUT2D eigenvalue weighted by atomic mass is 35.5. The quantitative estimate of drug-likeness (QED) is 0.417. The molecule has 2 heterocycles. The van der Waals surface area contributed by atoms with Crippen molar-refractivity contribution < 1.29 is 19.4 Å². The van der Waals surface area contributed by atoms with E-state index in [1.54, 1.807) is 37.4 Å². The first-order valence-corrected chi connectivity index (χ1v) is 11.4. The number of aromatic carboxylic acids is 1. The van der Waals surface area contributed by atoms with Crippen LogP contribution in [-0.2, 0) is 11.3 Å². The molecule has 1 aliphatic heterocycles. The topological polar surface area (TPSA) is 129 Å². The molecule has 1 amide bonds. The third-order valence-electron chi connectivity index (χ3n) is 5.09. The number of benzene rings is 2. The highest BCUT2D eigenvalue weighted by Crippen LogP contribution is 2.23. The Kier molecular flexibility index (Phi) is 7.76. The molecule has 0 bridgehead atoms. The lowest BCUT2D eigenvalue weighted by atomic mass is 10.2. The number of carbonyl (C=O) groups excluding carboxylic acids is 1. The lowest BCUT2D eigenvalue weighted by Gasteiger charge is -2.31. The molecule has 36 heavy (non-hydrogen) atoms. The van der Waals surface area contributed by atoms with Gasteiger partial charge in [0.05, 0.1) is 30.3 Å². The van der Waals surface area contributed by atoms with Crippen LogP contribution in [0.15, 0.2) is 77.8 Å². The number of ether oxygens (including phenoxy) is 1. The number of aliphatic imine (C=N–C) groups is 1. The molecule has 2 aromatic carbocycles. The van der Waals surface area contributed by atoms with Crippen LogP contribution in [0.5, 0.6) is 11.6 Å². The van der Waals surface area contributed by atoms with Gasteiger partial charge in [0, 0.05) is 24.2 Å². The molecule has 0 unspecified atom stereocenters. The smallest absolute Gasteiger partial charge is 0.356 e. The summed E-state index contributed by atoms with van der Waals surface area (Å²) in [5.41, 5.74) is 2.29. The van der Waals surface area contributed by atoms with Gasteiger partial charge in [-0.2, -0.15) is 0 Å². The van der Waals surface area contributed by atoms with Crippen molar-refractivity contribution in [1.82, 2.24) is 25.5 Å². The average Bonchev–Trinajstić information content (AvgIpc) is 2.88. The van der Waals surface area contributed by atoms with Crippen LogP contribution in [0.25, 0.3) is 0 Å². The Hall–Kier alpha value is -4.44. The molecule has 3 aromatic rings. The molecule has 1 aliphatic rings. The van der Waals surface area contributed by atoms with Gasteiger partial charge < -0.3 is 25.4 Å². The molecule has 0 fully saturated rings. The number of rotatable bonds is 8. The lowest BCUT2D eigenvalue weighted by molar-refractivity contribution is -0.120. The van der Waals surface area contributed by atoms with Crippen molar-refractivity contribution in [3.05, 3.63) is 89.1 Å². The Morgan fingerprint density at radius 2 is 1.89 bits per heavy atom. The molecule has 0 spiro atoms. The van der Waals surface area contributed by atoms with E-state index in [0.717, 1.165) is 17.5 Å². The maximum atomic E-state index is 11.9. The minimum Gasteiger partial charge on any atom is -0.476 e. The number of hydrogen-bond acceptors (Lipinski definition) is 6. The van der Waals surface area contributed by atoms with Gasteiger partial charge in [0.15, 0.2) is 5.69 Å². The van der Waals surface area contributed by atoms with Crippen LogP contribution in [0.3, 0.4) is 0 Å². The zero-order valence-electron chi connectivity index (χ0n) is 19.3. The van der Waals surface area contributed by atoms with E-state index < -0.39 is 5.97 Å². The minimum absolute atomic E-state index is 0.0623. The van der Waals surface area contributed by atoms with Crippen LogP contribution >= 0.6 is 11.6 Å². The molecule has 3 N–H and O–H groups in total. The third kappa shape index (κ3) is 6.57. The summed E-state index contributed by atoms with van der Waals surface area (Å²) in [6, 6.07) is 14.6. The van der Waals surface area contributed by atoms with Crippen LogP contribution in [0.1, 0.15) is 29.4 Å². The second-order valence-corrected chi connectivity index (χ2v) is 8.21. The van der Waals surface area contributed by atoms with Crippen molar-refractivity contribution in [3.63, 3.8) is 0 Å². The summed E-state index contributed by atoms with van der Waals surface area (Å²) >= 11 is 6.02. The predicted octanol–water partition coefficient (Wildman–Crippen LogP) is 4.08. The number of guanidine groups is 1. The number of amides is 1. The summed E-state index contributed by atoms with van der Waals surface area (Å²) in [6.07, 6.45) is 4.51. The van der Waals surface area contributed by atoms with Crippen molar-refractivity contribution in [1.29, 1.82) is 0 Å². The zero-order chi connectivity index (χ0) is 25.5. The summed E-state index contributed by atoms with van der Waals surface area (Å²) < 4.78 is 5.63. The molecule has 1 aromatic heterocycles. The molecule has 0 radical (unpaired) electrons. The molecule has 0 saturated heterocycles. The van der Waals surface area contributed by atoms with Gasteiger partial charge in [0.25, 0.3) is 0 Å². The zero-order valence-corrected chi connectivity index (χ0v) is 20.1. The van der Waals surface area contributed by atoms with Gasteiger partial charge in [0.2, 0.25) is 17.7 Å². The summed E-state index contributed by atoms with van der Waals surface area (Å²) in [7, 11) is 0. The Morgan fingerprint density at radius 1 is 1.14 bits per heavy atom. The SMILES string of the molecule is CCC(=O)NC1=CN/C(=N\c2ccc(Oc3cnc(C(=O)O)cn3)cc2)N(Cc2ccc(Cl)cc2)C1. The van der Waals surface area contributed by atoms with E-state index in [1.807, 2.05) is 29.2 Å². The largest absolute Gasteiger partial charge is 0.476 e. The van der Waals surface area contributed by atoms with E-state index in [-0.39, 0.29) is 17.5 Å². The maximum absolute atomic E-state index is 11.9. The Morgan fingerprint density at radius 3 is 2.53 bits per heavy atom. The number of carboxylic acids is 1. The number of halogens is 1. The summed E-state index contributed by atoms with van der Waals surface area (Å²) in [5, 5.41) is 15.6. The summed E-state index contributed by atoms with van der Waals surface area (Å²) in [5.74, 6) is 0.0639. The maximum Gasteiger partial charge on any atom is 0.356 e. The fourth-order valence-electron chi connectivity index (χ4n) is 3.27. The molecular formula is C25H23ClN6O4. The van der Waals surface area contributed by atoms with Crippen LogP contribution in [0.4, 0.5) is 5.69 Å². The number of hydrogen-bond donors (Lipinski definition) is 3. The van der Waals surface area contributed by atoms with Crippen LogP contribution in [-0.4, -0.2) is 44.4 Å². The van der Waals surface area contributed by atoms with E-state index in [9.17, 15) is 9.59 Å². The van der Waals surface area contributed by atoms with E-state index in [2.05, 4.69) is 20.6 Å². The number of carbonyl (C=O) groups is 2. The Balaban J connectivity index is 1.50. The predicted molar refractivity (Wildman–Crippen MR) is 134 cm³/mol. The third-order valence-corrected chi connectivity index (χ3v) is 5.34. The van der Waals surface area contributed by atoms with Gasteiger partial charge in [-0.3, -0.25) is 4.79 Å². The molecular weight excluding hydrogens is 484 g/mol. The van der Waals surface area contributed by atoms with E-state index >= 15 is 0 Å². The molecule has 184 valence electrons.